The van der Waals surface area contributed by atoms with Gasteiger partial charge in [-0.05, 0) is 31.4 Å². The molecule has 2 aromatic heterocycles. The normalized spacial score (nSPS) is 16.4. The van der Waals surface area contributed by atoms with Crippen LogP contribution < -0.4 is 16.3 Å². The van der Waals surface area contributed by atoms with Crippen molar-refractivity contribution in [2.75, 3.05) is 18.5 Å². The minimum Gasteiger partial charge on any atom is -0.424 e. The minimum absolute atomic E-state index is 0.0490. The molecule has 0 saturated carbocycles. The van der Waals surface area contributed by atoms with Crippen molar-refractivity contribution in [2.45, 2.75) is 32.3 Å². The molecule has 1 saturated heterocycles. The van der Waals surface area contributed by atoms with Crippen LogP contribution in [0.15, 0.2) is 26.9 Å². The largest absolute Gasteiger partial charge is 0.424 e. The maximum Gasteiger partial charge on any atom is 0.349 e. The van der Waals surface area contributed by atoms with Crippen LogP contribution >= 0.6 is 11.3 Å². The predicted octanol–water partition coefficient (Wildman–Crippen LogP) is 2.01. The van der Waals surface area contributed by atoms with Crippen LogP contribution in [0.5, 0.6) is 0 Å². The summed E-state index contributed by atoms with van der Waals surface area (Å²) in [5.74, 6) is -0.376. The summed E-state index contributed by atoms with van der Waals surface area (Å²) in [5, 5.41) is 7.44. The molecule has 9 heteroatoms. The molecule has 1 unspecified atom stereocenters. The number of anilines is 1. The Bertz CT molecular complexity index is 841. The van der Waals surface area contributed by atoms with E-state index in [9.17, 15) is 14.4 Å². The summed E-state index contributed by atoms with van der Waals surface area (Å²) < 4.78 is 10.8. The Morgan fingerprint density at radius 3 is 2.92 bits per heavy atom. The van der Waals surface area contributed by atoms with Crippen LogP contribution in [0, 0.1) is 6.92 Å². The first-order valence-corrected chi connectivity index (χ1v) is 9.16. The lowest BCUT2D eigenvalue weighted by molar-refractivity contribution is -0.116. The van der Waals surface area contributed by atoms with Gasteiger partial charge in [0.1, 0.15) is 17.4 Å². The van der Waals surface area contributed by atoms with Gasteiger partial charge in [0.2, 0.25) is 5.91 Å². The monoisotopic (exact) mass is 377 g/mol. The SMILES string of the molecule is Cc1cc(C2CCCO2)oc(=O)c1C(=O)NCCC(=O)Nc1nccs1. The van der Waals surface area contributed by atoms with E-state index in [1.165, 1.54) is 11.3 Å². The Morgan fingerprint density at radius 1 is 1.42 bits per heavy atom. The van der Waals surface area contributed by atoms with Crippen molar-refractivity contribution in [3.63, 3.8) is 0 Å². The van der Waals surface area contributed by atoms with Crippen LogP contribution in [0.25, 0.3) is 0 Å². The molecule has 1 aliphatic heterocycles. The molecule has 2 amide bonds. The number of aryl methyl sites for hydroxylation is 1. The smallest absolute Gasteiger partial charge is 0.349 e. The Hall–Kier alpha value is -2.52. The second-order valence-electron chi connectivity index (χ2n) is 5.89. The van der Waals surface area contributed by atoms with Gasteiger partial charge in [-0.1, -0.05) is 0 Å². The average molecular weight is 377 g/mol. The van der Waals surface area contributed by atoms with Crippen molar-refractivity contribution in [3.05, 3.63) is 45.0 Å². The summed E-state index contributed by atoms with van der Waals surface area (Å²) >= 11 is 1.31. The number of nitrogens with zero attached hydrogens (tertiary/aromatic N) is 1. The standard InChI is InChI=1S/C17H19N3O5S/c1-10-9-12(11-3-2-7-24-11)25-16(23)14(10)15(22)18-5-4-13(21)20-17-19-6-8-26-17/h6,8-9,11H,2-5,7H2,1H3,(H,18,22)(H,19,20,21). The molecule has 8 nitrogen and oxygen atoms in total. The summed E-state index contributed by atoms with van der Waals surface area (Å²) in [6.07, 6.45) is 3.14. The number of ether oxygens (including phenoxy) is 1. The maximum absolute atomic E-state index is 12.3. The number of carbonyl (C=O) groups excluding carboxylic acids is 2. The second kappa shape index (κ2) is 8.24. The van der Waals surface area contributed by atoms with Gasteiger partial charge in [0.25, 0.3) is 5.91 Å². The lowest BCUT2D eigenvalue weighted by atomic mass is 10.1. The van der Waals surface area contributed by atoms with Crippen molar-refractivity contribution in [1.82, 2.24) is 10.3 Å². The highest BCUT2D eigenvalue weighted by molar-refractivity contribution is 7.13. The van der Waals surface area contributed by atoms with E-state index >= 15 is 0 Å². The number of hydrogen-bond acceptors (Lipinski definition) is 7. The fourth-order valence-corrected chi connectivity index (χ4v) is 3.26. The Morgan fingerprint density at radius 2 is 2.27 bits per heavy atom. The predicted molar refractivity (Wildman–Crippen MR) is 95.3 cm³/mol. The van der Waals surface area contributed by atoms with Crippen LogP contribution in [0.3, 0.4) is 0 Å². The fourth-order valence-electron chi connectivity index (χ4n) is 2.71. The molecule has 0 spiro atoms. The van der Waals surface area contributed by atoms with Crippen LogP contribution in [-0.2, 0) is 9.53 Å². The van der Waals surface area contributed by atoms with E-state index in [2.05, 4.69) is 15.6 Å². The fraction of sp³-hybridized carbons (Fsp3) is 0.412. The van der Waals surface area contributed by atoms with Gasteiger partial charge in [-0.15, -0.1) is 11.3 Å². The van der Waals surface area contributed by atoms with E-state index in [0.29, 0.717) is 23.1 Å². The van der Waals surface area contributed by atoms with Gasteiger partial charge in [0.15, 0.2) is 5.13 Å². The lowest BCUT2D eigenvalue weighted by Crippen LogP contribution is -2.32. The number of carbonyl (C=O) groups is 2. The topological polar surface area (TPSA) is 111 Å². The van der Waals surface area contributed by atoms with Crippen molar-refractivity contribution < 1.29 is 18.7 Å². The maximum atomic E-state index is 12.3. The molecule has 138 valence electrons. The van der Waals surface area contributed by atoms with E-state index in [1.807, 2.05) is 0 Å². The first-order chi connectivity index (χ1) is 12.5. The van der Waals surface area contributed by atoms with E-state index < -0.39 is 11.5 Å². The molecule has 1 fully saturated rings. The first-order valence-electron chi connectivity index (χ1n) is 8.28. The Kier molecular flexibility index (Phi) is 5.79. The van der Waals surface area contributed by atoms with E-state index in [1.54, 1.807) is 24.6 Å². The van der Waals surface area contributed by atoms with Gasteiger partial charge in [-0.2, -0.15) is 0 Å². The molecule has 2 aromatic rings. The quantitative estimate of drug-likeness (QED) is 0.797. The summed E-state index contributed by atoms with van der Waals surface area (Å²) in [7, 11) is 0. The van der Waals surface area contributed by atoms with Gasteiger partial charge in [-0.25, -0.2) is 9.78 Å². The number of amides is 2. The highest BCUT2D eigenvalue weighted by Crippen LogP contribution is 2.28. The zero-order chi connectivity index (χ0) is 18.5. The minimum atomic E-state index is -0.694. The van der Waals surface area contributed by atoms with Gasteiger partial charge in [0.05, 0.1) is 0 Å². The van der Waals surface area contributed by atoms with E-state index in [-0.39, 0.29) is 30.5 Å². The van der Waals surface area contributed by atoms with Crippen LogP contribution in [0.2, 0.25) is 0 Å². The van der Waals surface area contributed by atoms with Gasteiger partial charge in [-0.3, -0.25) is 9.59 Å². The van der Waals surface area contributed by atoms with Crippen molar-refractivity contribution in [2.24, 2.45) is 0 Å². The van der Waals surface area contributed by atoms with Gasteiger partial charge < -0.3 is 19.8 Å². The zero-order valence-electron chi connectivity index (χ0n) is 14.2. The molecular formula is C17H19N3O5S. The van der Waals surface area contributed by atoms with Gasteiger partial charge >= 0.3 is 5.63 Å². The molecule has 0 radical (unpaired) electrons. The number of aromatic nitrogens is 1. The van der Waals surface area contributed by atoms with Crippen LogP contribution in [-0.4, -0.2) is 29.9 Å². The average Bonchev–Trinajstić information content (AvgIpc) is 3.27. The first kappa shape index (κ1) is 18.3. The van der Waals surface area contributed by atoms with Crippen LogP contribution in [0.4, 0.5) is 5.13 Å². The van der Waals surface area contributed by atoms with E-state index in [0.717, 1.165) is 12.8 Å². The molecule has 26 heavy (non-hydrogen) atoms. The van der Waals surface area contributed by atoms with Crippen molar-refractivity contribution in [3.8, 4) is 0 Å². The third-order valence-corrected chi connectivity index (χ3v) is 4.65. The van der Waals surface area contributed by atoms with Crippen molar-refractivity contribution >= 4 is 28.3 Å². The highest BCUT2D eigenvalue weighted by Gasteiger charge is 2.24. The summed E-state index contributed by atoms with van der Waals surface area (Å²) in [6, 6.07) is 1.67. The molecule has 1 atom stereocenters. The number of rotatable bonds is 6. The van der Waals surface area contributed by atoms with Crippen molar-refractivity contribution in [1.29, 1.82) is 0 Å². The molecular weight excluding hydrogens is 358 g/mol. The third-order valence-electron chi connectivity index (χ3n) is 3.96. The molecule has 1 aliphatic rings. The van der Waals surface area contributed by atoms with Gasteiger partial charge in [0, 0.05) is 31.1 Å². The highest BCUT2D eigenvalue weighted by atomic mass is 32.1. The summed E-state index contributed by atoms with van der Waals surface area (Å²) in [5.41, 5.74) is -0.219. The third kappa shape index (κ3) is 4.36. The molecule has 0 aliphatic carbocycles. The van der Waals surface area contributed by atoms with E-state index in [4.69, 9.17) is 9.15 Å². The second-order valence-corrected chi connectivity index (χ2v) is 6.78. The molecule has 3 heterocycles. The molecule has 3 rings (SSSR count). The Balaban J connectivity index is 1.57. The molecule has 0 bridgehead atoms. The summed E-state index contributed by atoms with van der Waals surface area (Å²) in [4.78, 5) is 40.2. The molecule has 2 N–H and O–H groups in total. The number of thiazole rings is 1. The lowest BCUT2D eigenvalue weighted by Gasteiger charge is -2.11. The molecule has 0 aromatic carbocycles. The Labute approximate surface area is 153 Å². The number of nitrogens with one attached hydrogen (secondary N) is 2. The van der Waals surface area contributed by atoms with Crippen LogP contribution in [0.1, 0.15) is 47.0 Å². The number of hydrogen-bond donors (Lipinski definition) is 2. The zero-order valence-corrected chi connectivity index (χ0v) is 15.1. The summed E-state index contributed by atoms with van der Waals surface area (Å²) in [6.45, 7) is 2.42.